The maximum Gasteiger partial charge on any atom is 0.347 e. The summed E-state index contributed by atoms with van der Waals surface area (Å²) in [7, 11) is 0. The largest absolute Gasteiger partial charge is 0.494 e. The number of piperazine rings is 1. The number of aliphatic carboxylic acids is 1. The molecule has 1 fully saturated rings. The Morgan fingerprint density at radius 3 is 2.38 bits per heavy atom. The number of carbonyl (C=O) groups is 1. The van der Waals surface area contributed by atoms with Crippen molar-refractivity contribution in [2.75, 3.05) is 52.5 Å². The van der Waals surface area contributed by atoms with Crippen molar-refractivity contribution < 1.29 is 29.2 Å². The lowest BCUT2D eigenvalue weighted by Crippen LogP contribution is -2.49. The fourth-order valence-corrected chi connectivity index (χ4v) is 5.23. The molecule has 1 aromatic heterocycles. The molecular weight excluding hydrogens is 518 g/mol. The highest BCUT2D eigenvalue weighted by Gasteiger charge is 2.29. The van der Waals surface area contributed by atoms with Gasteiger partial charge in [0.05, 0.1) is 21.8 Å². The Morgan fingerprint density at radius 2 is 1.67 bits per heavy atom. The van der Waals surface area contributed by atoms with Crippen molar-refractivity contribution >= 4 is 27.5 Å². The molecule has 39 heavy (non-hydrogen) atoms. The molecule has 2 aromatic carbocycles. The second kappa shape index (κ2) is 13.4. The number of benzene rings is 2. The number of hydrogen-bond acceptors (Lipinski definition) is 9. The predicted octanol–water partition coefficient (Wildman–Crippen LogP) is 4.06. The molecule has 212 valence electrons. The van der Waals surface area contributed by atoms with Gasteiger partial charge in [-0.3, -0.25) is 4.90 Å². The molecular formula is C29H39N3O6S. The number of thiazole rings is 1. The van der Waals surface area contributed by atoms with E-state index in [9.17, 15) is 15.0 Å². The van der Waals surface area contributed by atoms with Crippen LogP contribution in [0.4, 0.5) is 0 Å². The van der Waals surface area contributed by atoms with Crippen LogP contribution in [0.2, 0.25) is 0 Å². The minimum atomic E-state index is -1.28. The summed E-state index contributed by atoms with van der Waals surface area (Å²) in [5, 5.41) is 20.7. The van der Waals surface area contributed by atoms with Gasteiger partial charge >= 0.3 is 5.97 Å². The summed E-state index contributed by atoms with van der Waals surface area (Å²) in [5.74, 6) is 0.970. The molecule has 2 heterocycles. The number of unbranched alkanes of at least 4 members (excludes halogenated alkanes) is 1. The molecule has 1 atom stereocenters. The summed E-state index contributed by atoms with van der Waals surface area (Å²) in [6.07, 6.45) is 1.46. The Labute approximate surface area is 233 Å². The molecule has 10 heteroatoms. The first-order valence-electron chi connectivity index (χ1n) is 13.5. The Balaban J connectivity index is 1.06. The number of aliphatic hydroxyl groups is 1. The lowest BCUT2D eigenvalue weighted by Gasteiger charge is -2.35. The van der Waals surface area contributed by atoms with Gasteiger partial charge in [-0.25, -0.2) is 9.78 Å². The minimum absolute atomic E-state index is 0.269. The third-order valence-electron chi connectivity index (χ3n) is 6.69. The Morgan fingerprint density at radius 1 is 1.00 bits per heavy atom. The normalized spacial score (nSPS) is 15.8. The average Bonchev–Trinajstić information content (AvgIpc) is 3.28. The highest BCUT2D eigenvalue weighted by molar-refractivity contribution is 7.18. The molecule has 9 nitrogen and oxygen atoms in total. The monoisotopic (exact) mass is 557 g/mol. The number of rotatable bonds is 14. The third kappa shape index (κ3) is 8.79. The maximum absolute atomic E-state index is 11.2. The molecule has 0 amide bonds. The molecule has 0 spiro atoms. The Hall–Kier alpha value is -2.92. The van der Waals surface area contributed by atoms with E-state index < -0.39 is 17.7 Å². The maximum atomic E-state index is 11.2. The number of β-amino-alcohol motifs (C(OH)–C–C–N with tert-alkyl or cyclic N) is 1. The second-order valence-electron chi connectivity index (χ2n) is 10.4. The van der Waals surface area contributed by atoms with Gasteiger partial charge < -0.3 is 29.3 Å². The van der Waals surface area contributed by atoms with E-state index in [1.807, 2.05) is 25.1 Å². The fraction of sp³-hybridized carbons (Fsp3) is 0.517. The van der Waals surface area contributed by atoms with Crippen molar-refractivity contribution in [1.29, 1.82) is 0 Å². The molecule has 4 rings (SSSR count). The number of aromatic nitrogens is 1. The molecule has 0 bridgehead atoms. The van der Waals surface area contributed by atoms with Crippen molar-refractivity contribution in [2.45, 2.75) is 45.3 Å². The third-order valence-corrected chi connectivity index (χ3v) is 7.64. The molecule has 1 aliphatic heterocycles. The number of aryl methyl sites for hydroxylation is 1. The smallest absolute Gasteiger partial charge is 0.347 e. The molecule has 1 aliphatic rings. The van der Waals surface area contributed by atoms with Crippen LogP contribution in [0, 0.1) is 6.92 Å². The summed E-state index contributed by atoms with van der Waals surface area (Å²) in [4.78, 5) is 20.5. The quantitative estimate of drug-likeness (QED) is 0.284. The van der Waals surface area contributed by atoms with Crippen LogP contribution < -0.4 is 14.2 Å². The van der Waals surface area contributed by atoms with E-state index in [0.29, 0.717) is 18.9 Å². The summed E-state index contributed by atoms with van der Waals surface area (Å²) in [6.45, 7) is 11.4. The zero-order valence-electron chi connectivity index (χ0n) is 23.0. The van der Waals surface area contributed by atoms with Crippen molar-refractivity contribution in [2.24, 2.45) is 0 Å². The second-order valence-corrected chi connectivity index (χ2v) is 11.6. The summed E-state index contributed by atoms with van der Waals surface area (Å²) in [6, 6.07) is 12.9. The van der Waals surface area contributed by atoms with E-state index in [4.69, 9.17) is 14.2 Å². The number of fused-ring (bicyclic) bond motifs is 1. The lowest BCUT2D eigenvalue weighted by atomic mass is 10.1. The number of ether oxygens (including phenoxy) is 3. The van der Waals surface area contributed by atoms with E-state index >= 15 is 0 Å². The minimum Gasteiger partial charge on any atom is -0.494 e. The molecule has 0 aliphatic carbocycles. The zero-order valence-corrected chi connectivity index (χ0v) is 23.8. The van der Waals surface area contributed by atoms with Crippen LogP contribution in [0.1, 0.15) is 31.7 Å². The number of carboxylic acid groups (broad SMARTS) is 1. The van der Waals surface area contributed by atoms with Gasteiger partial charge in [-0.15, -0.1) is 11.3 Å². The fourth-order valence-electron chi connectivity index (χ4n) is 4.42. The topological polar surface area (TPSA) is 105 Å². The number of carboxylic acids is 1. The predicted molar refractivity (Wildman–Crippen MR) is 152 cm³/mol. The van der Waals surface area contributed by atoms with E-state index in [1.165, 1.54) is 13.8 Å². The van der Waals surface area contributed by atoms with Crippen LogP contribution in [0.5, 0.6) is 17.2 Å². The average molecular weight is 558 g/mol. The van der Waals surface area contributed by atoms with Gasteiger partial charge in [-0.05, 0) is 76.6 Å². The van der Waals surface area contributed by atoms with Gasteiger partial charge in [0.15, 0.2) is 5.60 Å². The molecule has 1 saturated heterocycles. The SMILES string of the molecule is Cc1nc2cc(OC[C@H](O)CN3CCN(CCCCOc4ccc(OC(C)(C)C(=O)O)cc4)CC3)ccc2s1. The summed E-state index contributed by atoms with van der Waals surface area (Å²) in [5.41, 5.74) is -0.338. The van der Waals surface area contributed by atoms with Gasteiger partial charge in [0.25, 0.3) is 0 Å². The van der Waals surface area contributed by atoms with Crippen molar-refractivity contribution in [3.63, 3.8) is 0 Å². The van der Waals surface area contributed by atoms with Crippen molar-refractivity contribution in [3.8, 4) is 17.2 Å². The van der Waals surface area contributed by atoms with E-state index in [0.717, 1.165) is 72.3 Å². The molecule has 0 unspecified atom stereocenters. The van der Waals surface area contributed by atoms with Crippen molar-refractivity contribution in [1.82, 2.24) is 14.8 Å². The molecule has 0 radical (unpaired) electrons. The zero-order chi connectivity index (χ0) is 27.8. The standard InChI is InChI=1S/C29H39N3O6S/c1-21-30-26-18-25(10-11-27(26)39-21)37-20-22(33)19-32-15-13-31(14-16-32)12-4-5-17-36-23-6-8-24(9-7-23)38-29(2,3)28(34)35/h6-11,18,22,33H,4-5,12-17,19-20H2,1-3H3,(H,34,35)/t22-/m1/s1. The first-order valence-corrected chi connectivity index (χ1v) is 14.3. The number of nitrogens with zero attached hydrogens (tertiary/aromatic N) is 3. The molecule has 3 aromatic rings. The van der Waals surface area contributed by atoms with E-state index in [2.05, 4.69) is 14.8 Å². The first kappa shape index (κ1) is 29.1. The summed E-state index contributed by atoms with van der Waals surface area (Å²) < 4.78 is 18.3. The van der Waals surface area contributed by atoms with Crippen LogP contribution in [0.25, 0.3) is 10.2 Å². The Bertz CT molecular complexity index is 1210. The lowest BCUT2D eigenvalue weighted by molar-refractivity contribution is -0.152. The van der Waals surface area contributed by atoms with E-state index in [1.54, 1.807) is 35.6 Å². The summed E-state index contributed by atoms with van der Waals surface area (Å²) >= 11 is 1.67. The Kier molecular flexibility index (Phi) is 10.0. The van der Waals surface area contributed by atoms with Gasteiger partial charge in [0, 0.05) is 38.8 Å². The number of aliphatic hydroxyl groups excluding tert-OH is 1. The van der Waals surface area contributed by atoms with Crippen molar-refractivity contribution in [3.05, 3.63) is 47.5 Å². The van der Waals surface area contributed by atoms with E-state index in [-0.39, 0.29) is 6.61 Å². The van der Waals surface area contributed by atoms with Crippen LogP contribution in [0.15, 0.2) is 42.5 Å². The van der Waals surface area contributed by atoms with Gasteiger partial charge in [-0.1, -0.05) is 0 Å². The van der Waals surface area contributed by atoms with Gasteiger partial charge in [0.1, 0.15) is 30.0 Å². The first-order chi connectivity index (χ1) is 18.7. The van der Waals surface area contributed by atoms with Crippen LogP contribution in [-0.4, -0.2) is 95.2 Å². The highest BCUT2D eigenvalue weighted by atomic mass is 32.1. The number of hydrogen-bond donors (Lipinski definition) is 2. The van der Waals surface area contributed by atoms with Crippen LogP contribution in [0.3, 0.4) is 0 Å². The van der Waals surface area contributed by atoms with Gasteiger partial charge in [0.2, 0.25) is 0 Å². The molecule has 2 N–H and O–H groups in total. The van der Waals surface area contributed by atoms with Gasteiger partial charge in [-0.2, -0.15) is 0 Å². The van der Waals surface area contributed by atoms with Crippen LogP contribution in [-0.2, 0) is 4.79 Å². The highest BCUT2D eigenvalue weighted by Crippen LogP contribution is 2.26. The molecule has 0 saturated carbocycles. The van der Waals surface area contributed by atoms with Crippen LogP contribution >= 0.6 is 11.3 Å².